The molecule has 0 atom stereocenters. The highest BCUT2D eigenvalue weighted by atomic mass is 16.2. The zero-order valence-corrected chi connectivity index (χ0v) is 23.5. The smallest absolute Gasteiger partial charge is 0.230 e. The summed E-state index contributed by atoms with van der Waals surface area (Å²) in [6.07, 6.45) is 18.9. The maximum absolute atomic E-state index is 13.4. The SMILES string of the molecule is O=C(Nc1ccc(/C=C/c2ccc(NC(=O)C34CC5CC(CC(C5)C3)C4)cc2)cc1)C12CC3CC(CC(C3)C1)C2. The number of nitrogens with one attached hydrogen (secondary N) is 2. The molecule has 8 aliphatic carbocycles. The molecule has 2 N–H and O–H groups in total. The molecule has 10 rings (SSSR count). The molecule has 8 bridgehead atoms. The van der Waals surface area contributed by atoms with Gasteiger partial charge < -0.3 is 10.6 Å². The van der Waals surface area contributed by atoms with Crippen LogP contribution in [0.3, 0.4) is 0 Å². The zero-order chi connectivity index (χ0) is 26.9. The third kappa shape index (κ3) is 4.43. The highest BCUT2D eigenvalue weighted by molar-refractivity contribution is 5.96. The standard InChI is InChI=1S/C36H42N2O2/c39-33(35-17-25-11-26(18-35)13-27(12-25)19-35)37-31-7-3-23(4-8-31)1-2-24-5-9-32(10-6-24)38-34(40)36-20-28-14-29(21-36)16-30(15-28)22-36/h1-10,25-30H,11-22H2,(H,37,39)(H,38,40)/b2-1+. The molecule has 0 aliphatic heterocycles. The van der Waals surface area contributed by atoms with Crippen molar-refractivity contribution in [3.05, 3.63) is 59.7 Å². The van der Waals surface area contributed by atoms with E-state index in [9.17, 15) is 9.59 Å². The molecule has 4 heteroatoms. The molecule has 2 aromatic carbocycles. The van der Waals surface area contributed by atoms with Crippen molar-refractivity contribution in [2.75, 3.05) is 10.6 Å². The average Bonchev–Trinajstić information content (AvgIpc) is 2.92. The summed E-state index contributed by atoms with van der Waals surface area (Å²) in [5, 5.41) is 6.53. The van der Waals surface area contributed by atoms with Crippen LogP contribution in [0.25, 0.3) is 12.2 Å². The number of carbonyl (C=O) groups excluding carboxylic acids is 2. The molecular weight excluding hydrogens is 492 g/mol. The van der Waals surface area contributed by atoms with E-state index in [2.05, 4.69) is 47.1 Å². The fourth-order valence-electron chi connectivity index (χ4n) is 10.9. The van der Waals surface area contributed by atoms with Gasteiger partial charge in [-0.05, 0) is 148 Å². The van der Waals surface area contributed by atoms with Crippen LogP contribution in [0.1, 0.15) is 88.2 Å². The van der Waals surface area contributed by atoms with Crippen LogP contribution in [0.4, 0.5) is 11.4 Å². The van der Waals surface area contributed by atoms with E-state index in [0.29, 0.717) is 0 Å². The maximum Gasteiger partial charge on any atom is 0.230 e. The maximum atomic E-state index is 13.4. The molecule has 8 fully saturated rings. The van der Waals surface area contributed by atoms with Crippen LogP contribution in [-0.2, 0) is 9.59 Å². The Morgan fingerprint density at radius 2 is 0.775 bits per heavy atom. The number of benzene rings is 2. The predicted octanol–water partition coefficient (Wildman–Crippen LogP) is 8.17. The second kappa shape index (κ2) is 9.33. The number of rotatable bonds is 6. The summed E-state index contributed by atoms with van der Waals surface area (Å²) in [5.74, 6) is 5.16. The summed E-state index contributed by atoms with van der Waals surface area (Å²) >= 11 is 0. The molecule has 0 heterocycles. The molecule has 2 amide bonds. The summed E-state index contributed by atoms with van der Waals surface area (Å²) in [5.41, 5.74) is 3.77. The van der Waals surface area contributed by atoms with Gasteiger partial charge in [-0.25, -0.2) is 0 Å². The van der Waals surface area contributed by atoms with Crippen LogP contribution in [0.2, 0.25) is 0 Å². The Labute approximate surface area is 238 Å². The van der Waals surface area contributed by atoms with Gasteiger partial charge in [-0.1, -0.05) is 36.4 Å². The highest BCUT2D eigenvalue weighted by Gasteiger charge is 2.55. The summed E-state index contributed by atoms with van der Waals surface area (Å²) < 4.78 is 0. The zero-order valence-electron chi connectivity index (χ0n) is 23.5. The molecule has 0 saturated heterocycles. The van der Waals surface area contributed by atoms with Crippen LogP contribution >= 0.6 is 0 Å². The molecular formula is C36H42N2O2. The van der Waals surface area contributed by atoms with Gasteiger partial charge in [-0.3, -0.25) is 9.59 Å². The third-order valence-electron chi connectivity index (χ3n) is 11.8. The van der Waals surface area contributed by atoms with Gasteiger partial charge in [-0.2, -0.15) is 0 Å². The van der Waals surface area contributed by atoms with E-state index < -0.39 is 0 Å². The normalized spacial score (nSPS) is 38.6. The molecule has 0 radical (unpaired) electrons. The first-order valence-electron chi connectivity index (χ1n) is 15.9. The first kappa shape index (κ1) is 24.9. The largest absolute Gasteiger partial charge is 0.326 e. The van der Waals surface area contributed by atoms with E-state index in [0.717, 1.165) is 96.5 Å². The minimum atomic E-state index is -0.117. The number of hydrogen-bond donors (Lipinski definition) is 2. The lowest BCUT2D eigenvalue weighted by atomic mass is 9.49. The number of hydrogen-bond acceptors (Lipinski definition) is 2. The molecule has 208 valence electrons. The summed E-state index contributed by atoms with van der Waals surface area (Å²) in [6, 6.07) is 16.4. The minimum absolute atomic E-state index is 0.117. The van der Waals surface area contributed by atoms with Crippen molar-refractivity contribution in [3.63, 3.8) is 0 Å². The lowest BCUT2D eigenvalue weighted by Gasteiger charge is -2.55. The number of carbonyl (C=O) groups is 2. The Morgan fingerprint density at radius 3 is 1.05 bits per heavy atom. The van der Waals surface area contributed by atoms with Crippen molar-refractivity contribution in [2.45, 2.75) is 77.0 Å². The van der Waals surface area contributed by atoms with Crippen molar-refractivity contribution >= 4 is 35.3 Å². The summed E-state index contributed by atoms with van der Waals surface area (Å²) in [7, 11) is 0. The lowest BCUT2D eigenvalue weighted by Crippen LogP contribution is -2.51. The third-order valence-corrected chi connectivity index (χ3v) is 11.8. The molecule has 2 aromatic rings. The Morgan fingerprint density at radius 1 is 0.500 bits per heavy atom. The topological polar surface area (TPSA) is 58.2 Å². The second-order valence-electron chi connectivity index (χ2n) is 14.9. The second-order valence-corrected chi connectivity index (χ2v) is 14.9. The fraction of sp³-hybridized carbons (Fsp3) is 0.556. The number of amides is 2. The number of anilines is 2. The average molecular weight is 535 g/mol. The molecule has 40 heavy (non-hydrogen) atoms. The van der Waals surface area contributed by atoms with Crippen LogP contribution in [0.15, 0.2) is 48.5 Å². The molecule has 4 nitrogen and oxygen atoms in total. The summed E-state index contributed by atoms with van der Waals surface area (Å²) in [6.45, 7) is 0. The van der Waals surface area contributed by atoms with Crippen LogP contribution in [0, 0.1) is 46.3 Å². The minimum Gasteiger partial charge on any atom is -0.326 e. The van der Waals surface area contributed by atoms with E-state index in [1.165, 1.54) is 38.5 Å². The van der Waals surface area contributed by atoms with Crippen LogP contribution < -0.4 is 10.6 Å². The fourth-order valence-corrected chi connectivity index (χ4v) is 10.9. The molecule has 8 aliphatic rings. The Balaban J connectivity index is 0.874. The molecule has 0 unspecified atom stereocenters. The van der Waals surface area contributed by atoms with E-state index in [1.54, 1.807) is 0 Å². The Hall–Kier alpha value is -2.88. The Bertz CT molecular complexity index is 1160. The van der Waals surface area contributed by atoms with Crippen molar-refractivity contribution in [3.8, 4) is 0 Å². The van der Waals surface area contributed by atoms with Gasteiger partial charge >= 0.3 is 0 Å². The Kier molecular flexibility index (Phi) is 5.80. The van der Waals surface area contributed by atoms with Crippen molar-refractivity contribution in [1.82, 2.24) is 0 Å². The molecule has 8 saturated carbocycles. The van der Waals surface area contributed by atoms with Crippen LogP contribution in [0.5, 0.6) is 0 Å². The highest BCUT2D eigenvalue weighted by Crippen LogP contribution is 2.61. The van der Waals surface area contributed by atoms with Gasteiger partial charge in [0.15, 0.2) is 0 Å². The monoisotopic (exact) mass is 534 g/mol. The predicted molar refractivity (Wildman–Crippen MR) is 160 cm³/mol. The van der Waals surface area contributed by atoms with Gasteiger partial charge in [0.05, 0.1) is 10.8 Å². The van der Waals surface area contributed by atoms with Gasteiger partial charge in [0.2, 0.25) is 11.8 Å². The van der Waals surface area contributed by atoms with Crippen molar-refractivity contribution in [1.29, 1.82) is 0 Å². The van der Waals surface area contributed by atoms with E-state index in [1.807, 2.05) is 24.3 Å². The lowest BCUT2D eigenvalue weighted by molar-refractivity contribution is -0.141. The first-order valence-corrected chi connectivity index (χ1v) is 15.9. The molecule has 0 spiro atoms. The van der Waals surface area contributed by atoms with E-state index in [-0.39, 0.29) is 22.6 Å². The van der Waals surface area contributed by atoms with Crippen molar-refractivity contribution < 1.29 is 9.59 Å². The summed E-state index contributed by atoms with van der Waals surface area (Å²) in [4.78, 5) is 26.7. The van der Waals surface area contributed by atoms with Gasteiger partial charge in [0.1, 0.15) is 0 Å². The van der Waals surface area contributed by atoms with Gasteiger partial charge in [0.25, 0.3) is 0 Å². The van der Waals surface area contributed by atoms with E-state index >= 15 is 0 Å². The van der Waals surface area contributed by atoms with Crippen LogP contribution in [-0.4, -0.2) is 11.8 Å². The van der Waals surface area contributed by atoms with Gasteiger partial charge in [-0.15, -0.1) is 0 Å². The molecule has 0 aromatic heterocycles. The quantitative estimate of drug-likeness (QED) is 0.367. The van der Waals surface area contributed by atoms with E-state index in [4.69, 9.17) is 0 Å². The van der Waals surface area contributed by atoms with Gasteiger partial charge in [0, 0.05) is 11.4 Å². The first-order chi connectivity index (χ1) is 19.4. The van der Waals surface area contributed by atoms with Crippen molar-refractivity contribution in [2.24, 2.45) is 46.3 Å².